The SMILES string of the molecule is CC(C)Oc1ccc(CNC(=O)CCC(=O)N2CC(C)Oc3ccccc32)cc1. The summed E-state index contributed by atoms with van der Waals surface area (Å²) in [4.78, 5) is 26.6. The van der Waals surface area contributed by atoms with Gasteiger partial charge in [0.2, 0.25) is 11.8 Å². The Morgan fingerprint density at radius 1 is 1.14 bits per heavy atom. The summed E-state index contributed by atoms with van der Waals surface area (Å²) in [6.07, 6.45) is 0.361. The van der Waals surface area contributed by atoms with Crippen LogP contribution in [-0.4, -0.2) is 30.6 Å². The van der Waals surface area contributed by atoms with Crippen molar-refractivity contribution in [2.75, 3.05) is 11.4 Å². The molecule has 0 fully saturated rings. The molecule has 0 aliphatic carbocycles. The van der Waals surface area contributed by atoms with Crippen LogP contribution in [0.5, 0.6) is 11.5 Å². The molecule has 2 amide bonds. The van der Waals surface area contributed by atoms with E-state index in [0.717, 1.165) is 17.0 Å². The van der Waals surface area contributed by atoms with E-state index in [9.17, 15) is 9.59 Å². The van der Waals surface area contributed by atoms with Crippen molar-refractivity contribution in [2.24, 2.45) is 0 Å². The number of anilines is 1. The second-order valence-electron chi connectivity index (χ2n) is 7.49. The monoisotopic (exact) mass is 396 g/mol. The van der Waals surface area contributed by atoms with Crippen LogP contribution in [0, 0.1) is 0 Å². The Morgan fingerprint density at radius 2 is 1.86 bits per heavy atom. The molecule has 0 bridgehead atoms. The van der Waals surface area contributed by atoms with Crippen molar-refractivity contribution >= 4 is 17.5 Å². The number of ether oxygens (including phenoxy) is 2. The zero-order valence-corrected chi connectivity index (χ0v) is 17.2. The third-order valence-electron chi connectivity index (χ3n) is 4.58. The van der Waals surface area contributed by atoms with E-state index in [4.69, 9.17) is 9.47 Å². The Labute approximate surface area is 171 Å². The first-order valence-corrected chi connectivity index (χ1v) is 10.0. The summed E-state index contributed by atoms with van der Waals surface area (Å²) in [5.74, 6) is 1.29. The third kappa shape index (κ3) is 5.73. The molecular formula is C23H28N2O4. The van der Waals surface area contributed by atoms with Crippen molar-refractivity contribution in [3.05, 3.63) is 54.1 Å². The van der Waals surface area contributed by atoms with Gasteiger partial charge in [0.15, 0.2) is 0 Å². The van der Waals surface area contributed by atoms with Crippen LogP contribution in [0.15, 0.2) is 48.5 Å². The van der Waals surface area contributed by atoms with Gasteiger partial charge in [0.1, 0.15) is 17.6 Å². The zero-order valence-electron chi connectivity index (χ0n) is 17.2. The van der Waals surface area contributed by atoms with Gasteiger partial charge in [0, 0.05) is 19.4 Å². The quantitative estimate of drug-likeness (QED) is 0.775. The van der Waals surface area contributed by atoms with E-state index >= 15 is 0 Å². The van der Waals surface area contributed by atoms with Gasteiger partial charge in [-0.05, 0) is 50.6 Å². The van der Waals surface area contributed by atoms with Crippen LogP contribution < -0.4 is 19.7 Å². The van der Waals surface area contributed by atoms with E-state index in [0.29, 0.717) is 18.8 Å². The third-order valence-corrected chi connectivity index (χ3v) is 4.58. The van der Waals surface area contributed by atoms with E-state index in [2.05, 4.69) is 5.32 Å². The topological polar surface area (TPSA) is 67.9 Å². The van der Waals surface area contributed by atoms with Crippen molar-refractivity contribution in [2.45, 2.75) is 52.4 Å². The lowest BCUT2D eigenvalue weighted by molar-refractivity contribution is -0.125. The first kappa shape index (κ1) is 20.7. The first-order valence-electron chi connectivity index (χ1n) is 10.0. The number of para-hydroxylation sites is 2. The van der Waals surface area contributed by atoms with E-state index < -0.39 is 0 Å². The predicted molar refractivity (Wildman–Crippen MR) is 112 cm³/mol. The highest BCUT2D eigenvalue weighted by atomic mass is 16.5. The second-order valence-corrected chi connectivity index (χ2v) is 7.49. The summed E-state index contributed by atoms with van der Waals surface area (Å²) in [6, 6.07) is 15.1. The molecule has 29 heavy (non-hydrogen) atoms. The molecule has 2 aromatic carbocycles. The molecule has 6 nitrogen and oxygen atoms in total. The highest BCUT2D eigenvalue weighted by Gasteiger charge is 2.27. The standard InChI is InChI=1S/C23H28N2O4/c1-16(2)28-19-10-8-18(9-11-19)14-24-22(26)12-13-23(27)25-15-17(3)29-21-7-5-4-6-20(21)25/h4-11,16-17H,12-15H2,1-3H3,(H,24,26). The fourth-order valence-corrected chi connectivity index (χ4v) is 3.23. The molecule has 2 aromatic rings. The van der Waals surface area contributed by atoms with Gasteiger partial charge < -0.3 is 19.7 Å². The van der Waals surface area contributed by atoms with Crippen LogP contribution in [0.4, 0.5) is 5.69 Å². The van der Waals surface area contributed by atoms with Gasteiger partial charge in [-0.2, -0.15) is 0 Å². The summed E-state index contributed by atoms with van der Waals surface area (Å²) in [7, 11) is 0. The Hall–Kier alpha value is -3.02. The Morgan fingerprint density at radius 3 is 2.59 bits per heavy atom. The summed E-state index contributed by atoms with van der Waals surface area (Å²) < 4.78 is 11.4. The minimum atomic E-state index is -0.143. The van der Waals surface area contributed by atoms with Gasteiger partial charge in [-0.1, -0.05) is 24.3 Å². The minimum absolute atomic E-state index is 0.0714. The fraction of sp³-hybridized carbons (Fsp3) is 0.391. The maximum Gasteiger partial charge on any atom is 0.227 e. The molecular weight excluding hydrogens is 368 g/mol. The van der Waals surface area contributed by atoms with Crippen molar-refractivity contribution in [1.29, 1.82) is 0 Å². The van der Waals surface area contributed by atoms with Crippen LogP contribution in [-0.2, 0) is 16.1 Å². The van der Waals surface area contributed by atoms with Crippen LogP contribution in [0.3, 0.4) is 0 Å². The maximum absolute atomic E-state index is 12.7. The number of amides is 2. The van der Waals surface area contributed by atoms with Crippen LogP contribution >= 0.6 is 0 Å². The number of nitrogens with one attached hydrogen (secondary N) is 1. The lowest BCUT2D eigenvalue weighted by Crippen LogP contribution is -2.42. The van der Waals surface area contributed by atoms with E-state index in [1.807, 2.05) is 69.3 Å². The lowest BCUT2D eigenvalue weighted by Gasteiger charge is -2.33. The van der Waals surface area contributed by atoms with Crippen molar-refractivity contribution in [3.8, 4) is 11.5 Å². The molecule has 0 radical (unpaired) electrons. The highest BCUT2D eigenvalue weighted by molar-refractivity contribution is 5.97. The van der Waals surface area contributed by atoms with Gasteiger partial charge in [-0.3, -0.25) is 9.59 Å². The molecule has 3 rings (SSSR count). The summed E-state index contributed by atoms with van der Waals surface area (Å²) in [5, 5.41) is 2.87. The van der Waals surface area contributed by atoms with E-state index in [1.165, 1.54) is 0 Å². The molecule has 1 aliphatic rings. The van der Waals surface area contributed by atoms with E-state index in [1.54, 1.807) is 4.90 Å². The molecule has 154 valence electrons. The number of hydrogen-bond acceptors (Lipinski definition) is 4. The normalized spacial score (nSPS) is 15.4. The summed E-state index contributed by atoms with van der Waals surface area (Å²) in [6.45, 7) is 6.80. The molecule has 1 atom stereocenters. The lowest BCUT2D eigenvalue weighted by atomic mass is 10.1. The Balaban J connectivity index is 1.48. The molecule has 0 aromatic heterocycles. The molecule has 1 N–H and O–H groups in total. The number of fused-ring (bicyclic) bond motifs is 1. The molecule has 0 spiro atoms. The van der Waals surface area contributed by atoms with Crippen molar-refractivity contribution in [3.63, 3.8) is 0 Å². The second kappa shape index (κ2) is 9.45. The number of hydrogen-bond donors (Lipinski definition) is 1. The summed E-state index contributed by atoms with van der Waals surface area (Å²) in [5.41, 5.74) is 1.75. The number of rotatable bonds is 7. The summed E-state index contributed by atoms with van der Waals surface area (Å²) >= 11 is 0. The predicted octanol–water partition coefficient (Wildman–Crippen LogP) is 3.68. The van der Waals surface area contributed by atoms with Crippen molar-refractivity contribution in [1.82, 2.24) is 5.32 Å². The molecule has 6 heteroatoms. The maximum atomic E-state index is 12.7. The molecule has 1 unspecified atom stereocenters. The number of benzene rings is 2. The molecule has 0 saturated carbocycles. The van der Waals surface area contributed by atoms with Gasteiger partial charge in [-0.15, -0.1) is 0 Å². The van der Waals surface area contributed by atoms with Crippen LogP contribution in [0.1, 0.15) is 39.2 Å². The average Bonchev–Trinajstić information content (AvgIpc) is 2.70. The molecule has 1 aliphatic heterocycles. The Kier molecular flexibility index (Phi) is 6.75. The van der Waals surface area contributed by atoms with Gasteiger partial charge in [0.05, 0.1) is 18.3 Å². The number of carbonyl (C=O) groups is 2. The fourth-order valence-electron chi connectivity index (χ4n) is 3.23. The molecule has 0 saturated heterocycles. The number of carbonyl (C=O) groups excluding carboxylic acids is 2. The largest absolute Gasteiger partial charge is 0.491 e. The van der Waals surface area contributed by atoms with Gasteiger partial charge in [0.25, 0.3) is 0 Å². The molecule has 1 heterocycles. The smallest absolute Gasteiger partial charge is 0.227 e. The average molecular weight is 396 g/mol. The number of nitrogens with zero attached hydrogens (tertiary/aromatic N) is 1. The Bertz CT molecular complexity index is 848. The zero-order chi connectivity index (χ0) is 20.8. The van der Waals surface area contributed by atoms with E-state index in [-0.39, 0.29) is 36.9 Å². The minimum Gasteiger partial charge on any atom is -0.491 e. The van der Waals surface area contributed by atoms with Gasteiger partial charge in [-0.25, -0.2) is 0 Å². The first-order chi connectivity index (χ1) is 13.9. The highest BCUT2D eigenvalue weighted by Crippen LogP contribution is 2.33. The van der Waals surface area contributed by atoms with Crippen LogP contribution in [0.25, 0.3) is 0 Å². The van der Waals surface area contributed by atoms with Crippen LogP contribution in [0.2, 0.25) is 0 Å². The van der Waals surface area contributed by atoms with Crippen molar-refractivity contribution < 1.29 is 19.1 Å². The van der Waals surface area contributed by atoms with Gasteiger partial charge >= 0.3 is 0 Å².